The quantitative estimate of drug-likeness (QED) is 0.724. The first kappa shape index (κ1) is 22.4. The molecule has 1 atom stereocenters. The summed E-state index contributed by atoms with van der Waals surface area (Å²) in [5, 5.41) is 9.02. The van der Waals surface area contributed by atoms with Gasteiger partial charge in [0.2, 0.25) is 0 Å². The Morgan fingerprint density at radius 3 is 1.41 bits per heavy atom. The molecule has 2 rings (SSSR count). The molecule has 0 fully saturated rings. The zero-order valence-electron chi connectivity index (χ0n) is 14.7. The summed E-state index contributed by atoms with van der Waals surface area (Å²) in [6, 6.07) is 18.8. The first-order valence-electron chi connectivity index (χ1n) is 7.90. The lowest BCUT2D eigenvalue weighted by molar-refractivity contribution is 0.101. The van der Waals surface area contributed by atoms with E-state index in [2.05, 4.69) is 0 Å². The average Bonchev–Trinajstić information content (AvgIpc) is 2.60. The molecule has 0 aromatic heterocycles. The van der Waals surface area contributed by atoms with Crippen molar-refractivity contribution >= 4 is 5.78 Å². The van der Waals surface area contributed by atoms with Crippen LogP contribution in [0.3, 0.4) is 0 Å². The minimum absolute atomic E-state index is 0.121. The van der Waals surface area contributed by atoms with Crippen LogP contribution in [0.2, 0.25) is 0 Å². The Hall–Kier alpha value is -1.93. The van der Waals surface area contributed by atoms with Crippen LogP contribution < -0.4 is 0 Å². The van der Waals surface area contributed by atoms with Crippen molar-refractivity contribution in [3.63, 3.8) is 0 Å². The van der Waals surface area contributed by atoms with Gasteiger partial charge in [0.15, 0.2) is 5.78 Å². The van der Waals surface area contributed by atoms with Gasteiger partial charge in [-0.25, -0.2) is 0 Å². The highest BCUT2D eigenvalue weighted by atomic mass is 16.3. The van der Waals surface area contributed by atoms with Gasteiger partial charge in [-0.2, -0.15) is 0 Å². The molecule has 0 aliphatic rings. The highest BCUT2D eigenvalue weighted by molar-refractivity contribution is 5.93. The van der Waals surface area contributed by atoms with Gasteiger partial charge in [-0.1, -0.05) is 88.4 Å². The highest BCUT2D eigenvalue weighted by Crippen LogP contribution is 2.09. The topological polar surface area (TPSA) is 37.3 Å². The lowest BCUT2D eigenvalue weighted by atomic mass is 10.1. The van der Waals surface area contributed by atoms with Crippen LogP contribution >= 0.6 is 0 Å². The Morgan fingerprint density at radius 1 is 0.818 bits per heavy atom. The zero-order chi connectivity index (χ0) is 17.4. The summed E-state index contributed by atoms with van der Waals surface area (Å²) < 4.78 is 0. The van der Waals surface area contributed by atoms with Crippen molar-refractivity contribution in [3.05, 3.63) is 71.8 Å². The van der Waals surface area contributed by atoms with E-state index in [1.807, 2.05) is 88.4 Å². The number of ketones is 1. The fourth-order valence-electron chi connectivity index (χ4n) is 1.40. The molecule has 22 heavy (non-hydrogen) atoms. The van der Waals surface area contributed by atoms with Crippen molar-refractivity contribution in [2.75, 3.05) is 0 Å². The summed E-state index contributed by atoms with van der Waals surface area (Å²) in [6.45, 7) is 11.3. The molecule has 0 unspecified atom stereocenters. The molecular weight excluding hydrogens is 272 g/mol. The summed E-state index contributed by atoms with van der Waals surface area (Å²) in [5.74, 6) is 0.121. The lowest BCUT2D eigenvalue weighted by Crippen LogP contribution is -1.88. The van der Waals surface area contributed by atoms with Gasteiger partial charge < -0.3 is 5.11 Å². The largest absolute Gasteiger partial charge is 0.389 e. The number of Topliss-reactive ketones (excluding diaryl/α,β-unsaturated/α-hetero) is 1. The molecule has 0 saturated heterocycles. The molecule has 2 heteroatoms. The third-order valence-corrected chi connectivity index (χ3v) is 2.46. The van der Waals surface area contributed by atoms with Crippen LogP contribution in [0.4, 0.5) is 0 Å². The molecule has 0 saturated carbocycles. The second-order valence-electron chi connectivity index (χ2n) is 4.01. The molecule has 0 amide bonds. The Balaban J connectivity index is 0. The van der Waals surface area contributed by atoms with E-state index in [1.165, 1.54) is 0 Å². The number of hydrogen-bond acceptors (Lipinski definition) is 2. The van der Waals surface area contributed by atoms with E-state index in [-0.39, 0.29) is 11.9 Å². The minimum atomic E-state index is -0.341. The normalized spacial score (nSPS) is 9.59. The van der Waals surface area contributed by atoms with E-state index in [9.17, 15) is 4.79 Å². The maximum atomic E-state index is 10.6. The fourth-order valence-corrected chi connectivity index (χ4v) is 1.40. The summed E-state index contributed by atoms with van der Waals surface area (Å²) in [5.41, 5.74) is 1.75. The SMILES string of the molecule is CC.CC.CC(=O)c1ccccc1.C[C@H](O)c1ccccc1. The van der Waals surface area contributed by atoms with E-state index in [0.717, 1.165) is 11.1 Å². The molecule has 2 nitrogen and oxygen atoms in total. The molecule has 1 N–H and O–H groups in total. The molecule has 0 spiro atoms. The standard InChI is InChI=1S/C8H10O.C8H8O.2C2H6/c2*1-7(9)8-5-3-2-4-6-8;2*1-2/h2-7,9H,1H3;2-6H,1H3;2*1-2H3/t7-;;;/m0.../s1. The lowest BCUT2D eigenvalue weighted by Gasteiger charge is -2.00. The Bertz CT molecular complexity index is 462. The first-order valence-corrected chi connectivity index (χ1v) is 7.90. The Labute approximate surface area is 135 Å². The van der Waals surface area contributed by atoms with Crippen LogP contribution in [0.5, 0.6) is 0 Å². The second kappa shape index (κ2) is 15.5. The molecule has 0 bridgehead atoms. The third-order valence-electron chi connectivity index (χ3n) is 2.46. The zero-order valence-corrected chi connectivity index (χ0v) is 14.7. The van der Waals surface area contributed by atoms with Crippen molar-refractivity contribution in [2.45, 2.75) is 47.6 Å². The number of carbonyl (C=O) groups excluding carboxylic acids is 1. The third kappa shape index (κ3) is 10.8. The number of hydrogen-bond donors (Lipinski definition) is 1. The van der Waals surface area contributed by atoms with Gasteiger partial charge in [-0.05, 0) is 19.4 Å². The van der Waals surface area contributed by atoms with Crippen LogP contribution in [0.25, 0.3) is 0 Å². The smallest absolute Gasteiger partial charge is 0.159 e. The molecule has 0 aliphatic heterocycles. The fraction of sp³-hybridized carbons (Fsp3) is 0.350. The monoisotopic (exact) mass is 302 g/mol. The van der Waals surface area contributed by atoms with Gasteiger partial charge in [0.05, 0.1) is 6.10 Å². The van der Waals surface area contributed by atoms with Gasteiger partial charge >= 0.3 is 0 Å². The van der Waals surface area contributed by atoms with E-state index in [0.29, 0.717) is 0 Å². The van der Waals surface area contributed by atoms with Crippen LogP contribution in [0.1, 0.15) is 63.6 Å². The molecular formula is C20H30O2. The number of carbonyl (C=O) groups is 1. The number of aliphatic hydroxyl groups excluding tert-OH is 1. The molecule has 122 valence electrons. The van der Waals surface area contributed by atoms with Gasteiger partial charge in [0.1, 0.15) is 0 Å². The van der Waals surface area contributed by atoms with Crippen molar-refractivity contribution in [1.82, 2.24) is 0 Å². The van der Waals surface area contributed by atoms with E-state index >= 15 is 0 Å². The first-order chi connectivity index (χ1) is 10.6. The molecule has 2 aromatic carbocycles. The van der Waals surface area contributed by atoms with Crippen molar-refractivity contribution < 1.29 is 9.90 Å². The molecule has 2 aromatic rings. The Kier molecular flexibility index (Phi) is 15.7. The van der Waals surface area contributed by atoms with E-state index in [1.54, 1.807) is 13.8 Å². The van der Waals surface area contributed by atoms with Crippen LogP contribution in [-0.2, 0) is 0 Å². The van der Waals surface area contributed by atoms with E-state index in [4.69, 9.17) is 5.11 Å². The van der Waals surface area contributed by atoms with E-state index < -0.39 is 0 Å². The highest BCUT2D eigenvalue weighted by Gasteiger charge is 1.95. The molecule has 0 aliphatic carbocycles. The van der Waals surface area contributed by atoms with Gasteiger partial charge in [0.25, 0.3) is 0 Å². The van der Waals surface area contributed by atoms with Crippen LogP contribution in [-0.4, -0.2) is 10.9 Å². The summed E-state index contributed by atoms with van der Waals surface area (Å²) in [7, 11) is 0. The Morgan fingerprint density at radius 2 is 1.18 bits per heavy atom. The van der Waals surface area contributed by atoms with Crippen LogP contribution in [0.15, 0.2) is 60.7 Å². The predicted molar refractivity (Wildman–Crippen MR) is 96.2 cm³/mol. The van der Waals surface area contributed by atoms with Crippen molar-refractivity contribution in [2.24, 2.45) is 0 Å². The maximum Gasteiger partial charge on any atom is 0.159 e. The van der Waals surface area contributed by atoms with Gasteiger partial charge in [-0.3, -0.25) is 4.79 Å². The van der Waals surface area contributed by atoms with Gasteiger partial charge in [-0.15, -0.1) is 0 Å². The summed E-state index contributed by atoms with van der Waals surface area (Å²) in [6.07, 6.45) is -0.341. The van der Waals surface area contributed by atoms with Crippen molar-refractivity contribution in [3.8, 4) is 0 Å². The number of benzene rings is 2. The predicted octanol–water partition coefficient (Wildman–Crippen LogP) is 5.68. The van der Waals surface area contributed by atoms with Crippen LogP contribution in [0, 0.1) is 0 Å². The average molecular weight is 302 g/mol. The maximum absolute atomic E-state index is 10.6. The molecule has 0 heterocycles. The number of aliphatic hydroxyl groups is 1. The summed E-state index contributed by atoms with van der Waals surface area (Å²) >= 11 is 0. The summed E-state index contributed by atoms with van der Waals surface area (Å²) in [4.78, 5) is 10.6. The second-order valence-corrected chi connectivity index (χ2v) is 4.01. The molecule has 0 radical (unpaired) electrons. The van der Waals surface area contributed by atoms with Crippen molar-refractivity contribution in [1.29, 1.82) is 0 Å². The number of rotatable bonds is 2. The van der Waals surface area contributed by atoms with Gasteiger partial charge in [0, 0.05) is 5.56 Å². The minimum Gasteiger partial charge on any atom is -0.389 e.